The van der Waals surface area contributed by atoms with E-state index in [0.29, 0.717) is 12.3 Å². The molecule has 0 bridgehead atoms. The molecule has 0 radical (unpaired) electrons. The highest BCUT2D eigenvalue weighted by atomic mass is 32.1. The molecule has 1 aromatic rings. The van der Waals surface area contributed by atoms with Crippen LogP contribution in [-0.2, 0) is 9.59 Å². The van der Waals surface area contributed by atoms with Crippen LogP contribution >= 0.6 is 11.3 Å². The second-order valence-electron chi connectivity index (χ2n) is 7.76. The number of carbonyl (C=O) groups excluding carboxylic acids is 2. The second kappa shape index (κ2) is 6.70. The summed E-state index contributed by atoms with van der Waals surface area (Å²) in [5.41, 5.74) is 1.93. The zero-order valence-electron chi connectivity index (χ0n) is 14.2. The summed E-state index contributed by atoms with van der Waals surface area (Å²) >= 11 is 1.78. The number of rotatable bonds is 3. The molecular weight excluding hydrogens is 338 g/mol. The summed E-state index contributed by atoms with van der Waals surface area (Å²) in [6.07, 6.45) is 4.83. The zero-order valence-corrected chi connectivity index (χ0v) is 15.1. The van der Waals surface area contributed by atoms with Crippen molar-refractivity contribution < 1.29 is 14.8 Å². The van der Waals surface area contributed by atoms with E-state index in [-0.39, 0.29) is 11.3 Å². The maximum Gasteiger partial charge on any atom is 0.248 e. The molecular formula is C18H25N3O3S. The molecule has 3 aliphatic rings. The Morgan fingerprint density at radius 1 is 1.32 bits per heavy atom. The lowest BCUT2D eigenvalue weighted by atomic mass is 9.81. The Hall–Kier alpha value is -1.44. The Morgan fingerprint density at radius 2 is 2.08 bits per heavy atom. The van der Waals surface area contributed by atoms with Crippen LogP contribution in [0.15, 0.2) is 17.5 Å². The molecule has 2 atom stereocenters. The maximum atomic E-state index is 13.0. The van der Waals surface area contributed by atoms with Crippen molar-refractivity contribution in [3.63, 3.8) is 0 Å². The number of hydrogen-bond donors (Lipinski definition) is 3. The first-order valence-electron chi connectivity index (χ1n) is 9.11. The molecule has 2 saturated heterocycles. The largest absolute Gasteiger partial charge is 0.341 e. The zero-order chi connectivity index (χ0) is 17.4. The minimum absolute atomic E-state index is 0.00808. The van der Waals surface area contributed by atoms with Gasteiger partial charge < -0.3 is 10.2 Å². The van der Waals surface area contributed by atoms with E-state index in [0.717, 1.165) is 45.3 Å². The van der Waals surface area contributed by atoms with Crippen LogP contribution < -0.4 is 10.8 Å². The number of hydroxylamine groups is 1. The van der Waals surface area contributed by atoms with Gasteiger partial charge in [-0.3, -0.25) is 14.8 Å². The van der Waals surface area contributed by atoms with Crippen molar-refractivity contribution in [3.8, 4) is 0 Å². The molecule has 3 heterocycles. The summed E-state index contributed by atoms with van der Waals surface area (Å²) in [5, 5.41) is 14.5. The Bertz CT molecular complexity index is 636. The van der Waals surface area contributed by atoms with Gasteiger partial charge in [0.05, 0.1) is 12.0 Å². The van der Waals surface area contributed by atoms with Gasteiger partial charge in [0.1, 0.15) is 0 Å². The predicted molar refractivity (Wildman–Crippen MR) is 94.4 cm³/mol. The molecule has 3 N–H and O–H groups in total. The van der Waals surface area contributed by atoms with Gasteiger partial charge in [-0.25, -0.2) is 5.48 Å². The van der Waals surface area contributed by atoms with E-state index in [1.807, 2.05) is 4.90 Å². The van der Waals surface area contributed by atoms with Gasteiger partial charge in [-0.15, -0.1) is 11.3 Å². The molecule has 1 saturated carbocycles. The molecule has 3 fully saturated rings. The fraction of sp³-hybridized carbons (Fsp3) is 0.667. The quantitative estimate of drug-likeness (QED) is 0.564. The maximum absolute atomic E-state index is 13.0. The Morgan fingerprint density at radius 3 is 2.68 bits per heavy atom. The van der Waals surface area contributed by atoms with Gasteiger partial charge in [-0.05, 0) is 54.9 Å². The van der Waals surface area contributed by atoms with Crippen LogP contribution in [0.5, 0.6) is 0 Å². The minimum atomic E-state index is -0.517. The monoisotopic (exact) mass is 363 g/mol. The second-order valence-corrected chi connectivity index (χ2v) is 8.74. The smallest absolute Gasteiger partial charge is 0.248 e. The number of nitrogens with one attached hydrogen (secondary N) is 2. The number of thiophene rings is 1. The molecule has 0 aromatic carbocycles. The van der Waals surface area contributed by atoms with Crippen LogP contribution in [0.25, 0.3) is 0 Å². The van der Waals surface area contributed by atoms with Crippen molar-refractivity contribution in [3.05, 3.63) is 22.4 Å². The van der Waals surface area contributed by atoms with Crippen LogP contribution in [0.1, 0.15) is 42.9 Å². The summed E-state index contributed by atoms with van der Waals surface area (Å²) in [6, 6.07) is 3.73. The average Bonchev–Trinajstić information content (AvgIpc) is 3.18. The average molecular weight is 363 g/mol. The van der Waals surface area contributed by atoms with Gasteiger partial charge in [-0.2, -0.15) is 0 Å². The molecule has 25 heavy (non-hydrogen) atoms. The molecule has 2 unspecified atom stereocenters. The van der Waals surface area contributed by atoms with Crippen molar-refractivity contribution in [1.29, 1.82) is 0 Å². The van der Waals surface area contributed by atoms with E-state index in [1.165, 1.54) is 4.88 Å². The molecule has 1 aromatic heterocycles. The van der Waals surface area contributed by atoms with Crippen LogP contribution in [0.2, 0.25) is 0 Å². The number of carbonyl (C=O) groups is 2. The van der Waals surface area contributed by atoms with Crippen molar-refractivity contribution in [2.75, 3.05) is 19.6 Å². The molecule has 136 valence electrons. The molecule has 7 heteroatoms. The molecule has 4 rings (SSSR count). The lowest BCUT2D eigenvalue weighted by Gasteiger charge is -2.40. The van der Waals surface area contributed by atoms with Gasteiger partial charge in [-0.1, -0.05) is 6.07 Å². The summed E-state index contributed by atoms with van der Waals surface area (Å²) in [7, 11) is 0. The Labute approximate surface area is 151 Å². The summed E-state index contributed by atoms with van der Waals surface area (Å²) in [5.74, 6) is -0.377. The summed E-state index contributed by atoms with van der Waals surface area (Å²) in [4.78, 5) is 28.4. The fourth-order valence-corrected chi connectivity index (χ4v) is 5.27. The number of likely N-dealkylation sites (tertiary alicyclic amines) is 1. The highest BCUT2D eigenvalue weighted by Crippen LogP contribution is 2.52. The van der Waals surface area contributed by atoms with E-state index in [1.54, 1.807) is 16.8 Å². The van der Waals surface area contributed by atoms with Crippen molar-refractivity contribution in [2.24, 2.45) is 11.3 Å². The first kappa shape index (κ1) is 17.0. The summed E-state index contributed by atoms with van der Waals surface area (Å²) in [6.45, 7) is 2.26. The van der Waals surface area contributed by atoms with Crippen molar-refractivity contribution in [2.45, 2.75) is 44.1 Å². The van der Waals surface area contributed by atoms with Crippen molar-refractivity contribution >= 4 is 23.2 Å². The van der Waals surface area contributed by atoms with E-state index < -0.39 is 17.9 Å². The first-order valence-corrected chi connectivity index (χ1v) is 9.99. The molecule has 1 aliphatic carbocycles. The molecule has 2 amide bonds. The lowest BCUT2D eigenvalue weighted by molar-refractivity contribution is -0.145. The highest BCUT2D eigenvalue weighted by molar-refractivity contribution is 7.10. The van der Waals surface area contributed by atoms with Crippen LogP contribution in [0.3, 0.4) is 0 Å². The van der Waals surface area contributed by atoms with Crippen LogP contribution in [0.4, 0.5) is 0 Å². The fourth-order valence-electron chi connectivity index (χ4n) is 4.37. The normalized spacial score (nSPS) is 28.8. The number of hydrogen-bond acceptors (Lipinski definition) is 5. The third-order valence-electron chi connectivity index (χ3n) is 6.17. The third kappa shape index (κ3) is 3.32. The van der Waals surface area contributed by atoms with Crippen LogP contribution in [0, 0.1) is 11.3 Å². The number of piperidine rings is 2. The van der Waals surface area contributed by atoms with Gasteiger partial charge >= 0.3 is 0 Å². The Kier molecular flexibility index (Phi) is 4.56. The van der Waals surface area contributed by atoms with Gasteiger partial charge in [0.25, 0.3) is 0 Å². The molecule has 1 spiro atoms. The molecule has 2 aliphatic heterocycles. The number of amides is 2. The van der Waals surface area contributed by atoms with E-state index in [2.05, 4.69) is 22.8 Å². The molecule has 6 nitrogen and oxygen atoms in total. The third-order valence-corrected chi connectivity index (χ3v) is 7.21. The standard InChI is InChI=1S/C18H25N3O3S/c22-16(20-24)13-10-18(5-6-18)11-19-15(13)17(23)21-7-3-12(4-8-21)14-2-1-9-25-14/h1-2,9,12-13,15,19,24H,3-8,10-11H2,(H,20,22). The van der Waals surface area contributed by atoms with E-state index >= 15 is 0 Å². The lowest BCUT2D eigenvalue weighted by Crippen LogP contribution is -2.59. The van der Waals surface area contributed by atoms with Gasteiger partial charge in [0.15, 0.2) is 0 Å². The number of nitrogens with zero attached hydrogens (tertiary/aromatic N) is 1. The van der Waals surface area contributed by atoms with Crippen molar-refractivity contribution in [1.82, 2.24) is 15.7 Å². The topological polar surface area (TPSA) is 81.7 Å². The summed E-state index contributed by atoms with van der Waals surface area (Å²) < 4.78 is 0. The Balaban J connectivity index is 1.40. The SMILES string of the molecule is O=C(NO)C1CC2(CC2)CNC1C(=O)N1CCC(c2cccs2)CC1. The first-order chi connectivity index (χ1) is 12.1. The van der Waals surface area contributed by atoms with Gasteiger partial charge in [0, 0.05) is 24.5 Å². The van der Waals surface area contributed by atoms with E-state index in [4.69, 9.17) is 5.21 Å². The van der Waals surface area contributed by atoms with Crippen LogP contribution in [-0.4, -0.2) is 47.6 Å². The minimum Gasteiger partial charge on any atom is -0.341 e. The highest BCUT2D eigenvalue weighted by Gasteiger charge is 2.52. The van der Waals surface area contributed by atoms with E-state index in [9.17, 15) is 9.59 Å². The van der Waals surface area contributed by atoms with Gasteiger partial charge in [0.2, 0.25) is 11.8 Å². The predicted octanol–water partition coefficient (Wildman–Crippen LogP) is 1.72.